The van der Waals surface area contributed by atoms with E-state index in [1.807, 2.05) is 0 Å². The van der Waals surface area contributed by atoms with Gasteiger partial charge in [0.1, 0.15) is 0 Å². The van der Waals surface area contributed by atoms with Crippen molar-refractivity contribution in [1.82, 2.24) is 4.90 Å². The Balaban J connectivity index is 2.03. The van der Waals surface area contributed by atoms with E-state index < -0.39 is 0 Å². The summed E-state index contributed by atoms with van der Waals surface area (Å²) in [6, 6.07) is 1.96. The number of rotatable bonds is 0. The Morgan fingerprint density at radius 1 is 1.25 bits per heavy atom. The Bertz CT molecular complexity index is 86.6. The largest absolute Gasteiger partial charge is 0.300 e. The van der Waals surface area contributed by atoms with Crippen LogP contribution in [0.3, 0.4) is 0 Å². The maximum atomic E-state index is 2.53. The first-order valence-electron chi connectivity index (χ1n) is 3.60. The van der Waals surface area contributed by atoms with Crippen LogP contribution in [0.5, 0.6) is 0 Å². The van der Waals surface area contributed by atoms with Gasteiger partial charge in [-0.1, -0.05) is 6.42 Å². The highest BCUT2D eigenvalue weighted by molar-refractivity contribution is 4.94. The molecule has 2 aliphatic heterocycles. The second kappa shape index (κ2) is 1.47. The predicted molar refractivity (Wildman–Crippen MR) is 33.8 cm³/mol. The molecule has 1 nitrogen and oxygen atoms in total. The maximum Gasteiger partial charge on any atom is 0.0110 e. The molecule has 0 spiro atoms. The molecule has 46 valence electrons. The van der Waals surface area contributed by atoms with E-state index in [9.17, 15) is 0 Å². The predicted octanol–water partition coefficient (Wildman–Crippen LogP) is 1.24. The lowest BCUT2D eigenvalue weighted by atomic mass is 9.80. The average molecular weight is 111 g/mol. The Morgan fingerprint density at radius 3 is 2.12 bits per heavy atom. The van der Waals surface area contributed by atoms with Crippen molar-refractivity contribution >= 4 is 0 Å². The summed E-state index contributed by atoms with van der Waals surface area (Å²) in [5.41, 5.74) is 0. The van der Waals surface area contributed by atoms with Crippen LogP contribution in [-0.2, 0) is 0 Å². The molecule has 1 saturated carbocycles. The van der Waals surface area contributed by atoms with Gasteiger partial charge in [-0.15, -0.1) is 0 Å². The fourth-order valence-corrected chi connectivity index (χ4v) is 2.04. The fourth-order valence-electron chi connectivity index (χ4n) is 2.04. The van der Waals surface area contributed by atoms with Crippen molar-refractivity contribution in [3.63, 3.8) is 0 Å². The van der Waals surface area contributed by atoms with Crippen molar-refractivity contribution in [2.75, 3.05) is 7.05 Å². The van der Waals surface area contributed by atoms with E-state index in [1.54, 1.807) is 0 Å². The quantitative estimate of drug-likeness (QED) is 0.454. The molecular weight excluding hydrogens is 98.1 g/mol. The highest BCUT2D eigenvalue weighted by Crippen LogP contribution is 2.35. The van der Waals surface area contributed by atoms with Crippen LogP contribution in [0.25, 0.3) is 0 Å². The molecule has 2 bridgehead atoms. The summed E-state index contributed by atoms with van der Waals surface area (Å²) in [4.78, 5) is 2.53. The molecule has 3 fully saturated rings. The van der Waals surface area contributed by atoms with Crippen molar-refractivity contribution in [1.29, 1.82) is 0 Å². The summed E-state index contributed by atoms with van der Waals surface area (Å²) >= 11 is 0. The van der Waals surface area contributed by atoms with E-state index in [1.165, 1.54) is 25.7 Å². The summed E-state index contributed by atoms with van der Waals surface area (Å²) in [7, 11) is 2.26. The van der Waals surface area contributed by atoms with Crippen LogP contribution in [0.15, 0.2) is 0 Å². The van der Waals surface area contributed by atoms with Crippen LogP contribution >= 0.6 is 0 Å². The second-order valence-electron chi connectivity index (χ2n) is 3.14. The van der Waals surface area contributed by atoms with Gasteiger partial charge in [0.2, 0.25) is 0 Å². The first kappa shape index (κ1) is 4.80. The normalized spacial score (nSPS) is 46.1. The Labute approximate surface area is 50.7 Å². The molecule has 2 atom stereocenters. The van der Waals surface area contributed by atoms with Crippen molar-refractivity contribution in [2.45, 2.75) is 37.8 Å². The van der Waals surface area contributed by atoms with Crippen LogP contribution < -0.4 is 0 Å². The van der Waals surface area contributed by atoms with E-state index >= 15 is 0 Å². The Morgan fingerprint density at radius 2 is 1.88 bits per heavy atom. The third-order valence-corrected chi connectivity index (χ3v) is 2.77. The molecule has 3 aliphatic rings. The molecule has 0 radical (unpaired) electrons. The lowest BCUT2D eigenvalue weighted by Crippen LogP contribution is -2.56. The molecule has 2 heterocycles. The standard InChI is InChI=1S/C7H13N/c1-8-6-3-2-4-7(8)5-6/h6-7H,2-5H2,1H3. The van der Waals surface area contributed by atoms with Gasteiger partial charge in [0.05, 0.1) is 0 Å². The first-order chi connectivity index (χ1) is 3.88. The SMILES string of the molecule is CN1C2CCCC1C2. The van der Waals surface area contributed by atoms with Crippen molar-refractivity contribution in [3.05, 3.63) is 0 Å². The lowest BCUT2D eigenvalue weighted by molar-refractivity contribution is -0.00221. The topological polar surface area (TPSA) is 3.24 Å². The lowest BCUT2D eigenvalue weighted by Gasteiger charge is -2.50. The monoisotopic (exact) mass is 111 g/mol. The van der Waals surface area contributed by atoms with Gasteiger partial charge in [-0.25, -0.2) is 0 Å². The zero-order valence-corrected chi connectivity index (χ0v) is 5.43. The van der Waals surface area contributed by atoms with E-state index in [0.717, 1.165) is 12.1 Å². The average Bonchev–Trinajstić information content (AvgIpc) is 1.89. The number of fused-ring (bicyclic) bond motifs is 2. The van der Waals surface area contributed by atoms with E-state index in [-0.39, 0.29) is 0 Å². The molecule has 8 heavy (non-hydrogen) atoms. The number of nitrogens with zero attached hydrogens (tertiary/aromatic N) is 1. The van der Waals surface area contributed by atoms with Gasteiger partial charge in [-0.2, -0.15) is 0 Å². The Kier molecular flexibility index (Phi) is 0.884. The summed E-state index contributed by atoms with van der Waals surface area (Å²) < 4.78 is 0. The molecular formula is C7H13N. The van der Waals surface area contributed by atoms with Gasteiger partial charge in [-0.3, -0.25) is 0 Å². The Hall–Kier alpha value is -0.0400. The zero-order chi connectivity index (χ0) is 5.56. The van der Waals surface area contributed by atoms with Gasteiger partial charge in [0.15, 0.2) is 0 Å². The van der Waals surface area contributed by atoms with Crippen molar-refractivity contribution in [2.24, 2.45) is 0 Å². The molecule has 0 amide bonds. The number of hydrogen-bond donors (Lipinski definition) is 0. The third-order valence-electron chi connectivity index (χ3n) is 2.77. The third kappa shape index (κ3) is 0.455. The smallest absolute Gasteiger partial charge is 0.0110 e. The molecule has 0 aromatic carbocycles. The van der Waals surface area contributed by atoms with Crippen LogP contribution in [0.4, 0.5) is 0 Å². The summed E-state index contributed by atoms with van der Waals surface area (Å²) in [5, 5.41) is 0. The second-order valence-corrected chi connectivity index (χ2v) is 3.14. The number of hydrogen-bond acceptors (Lipinski definition) is 1. The molecule has 0 N–H and O–H groups in total. The van der Waals surface area contributed by atoms with Crippen LogP contribution in [0, 0.1) is 0 Å². The van der Waals surface area contributed by atoms with E-state index in [2.05, 4.69) is 11.9 Å². The fraction of sp³-hybridized carbons (Fsp3) is 1.00. The van der Waals surface area contributed by atoms with Gasteiger partial charge >= 0.3 is 0 Å². The zero-order valence-electron chi connectivity index (χ0n) is 5.43. The van der Waals surface area contributed by atoms with E-state index in [0.29, 0.717) is 0 Å². The highest BCUT2D eigenvalue weighted by Gasteiger charge is 2.37. The van der Waals surface area contributed by atoms with Gasteiger partial charge < -0.3 is 4.90 Å². The molecule has 1 aliphatic carbocycles. The minimum Gasteiger partial charge on any atom is -0.300 e. The molecule has 1 heteroatoms. The van der Waals surface area contributed by atoms with Crippen LogP contribution in [0.1, 0.15) is 25.7 Å². The summed E-state index contributed by atoms with van der Waals surface area (Å²) in [6.07, 6.45) is 5.91. The van der Waals surface area contributed by atoms with Gasteiger partial charge in [-0.05, 0) is 26.3 Å². The molecule has 2 unspecified atom stereocenters. The van der Waals surface area contributed by atoms with Gasteiger partial charge in [0, 0.05) is 12.1 Å². The molecule has 0 aromatic rings. The molecule has 0 aromatic heterocycles. The summed E-state index contributed by atoms with van der Waals surface area (Å²) in [5.74, 6) is 0. The minimum atomic E-state index is 0.980. The maximum absolute atomic E-state index is 2.53. The van der Waals surface area contributed by atoms with Crippen LogP contribution in [-0.4, -0.2) is 24.0 Å². The summed E-state index contributed by atoms with van der Waals surface area (Å²) in [6.45, 7) is 0. The highest BCUT2D eigenvalue weighted by atomic mass is 15.2. The molecule has 3 rings (SSSR count). The minimum absolute atomic E-state index is 0.980. The number of piperidine rings is 1. The van der Waals surface area contributed by atoms with E-state index in [4.69, 9.17) is 0 Å². The van der Waals surface area contributed by atoms with Gasteiger partial charge in [0.25, 0.3) is 0 Å². The molecule has 2 saturated heterocycles. The van der Waals surface area contributed by atoms with Crippen LogP contribution in [0.2, 0.25) is 0 Å². The first-order valence-corrected chi connectivity index (χ1v) is 3.60. The van der Waals surface area contributed by atoms with Crippen molar-refractivity contribution in [3.8, 4) is 0 Å². The van der Waals surface area contributed by atoms with Crippen molar-refractivity contribution < 1.29 is 0 Å².